The number of nitrogens with zero attached hydrogens (tertiary/aromatic N) is 7. The van der Waals surface area contributed by atoms with Crippen LogP contribution in [0.4, 0.5) is 17.2 Å². The van der Waals surface area contributed by atoms with E-state index in [2.05, 4.69) is 55.5 Å². The maximum Gasteiger partial charge on any atom is 0.363 e. The van der Waals surface area contributed by atoms with Crippen molar-refractivity contribution in [2.45, 2.75) is 44.9 Å². The molecule has 4 saturated heterocycles. The molecule has 2 atom stereocenters. The zero-order valence-corrected chi connectivity index (χ0v) is 22.6. The third-order valence-corrected chi connectivity index (χ3v) is 8.07. The van der Waals surface area contributed by atoms with Gasteiger partial charge in [0.05, 0.1) is 56.1 Å². The molecule has 0 unspecified atom stereocenters. The zero-order valence-electron chi connectivity index (χ0n) is 22.6. The van der Waals surface area contributed by atoms with Crippen LogP contribution in [0.3, 0.4) is 0 Å². The SMILES string of the molecule is C[C@H]1CN(C2COC2)CCN1c1ccc([N+](=O)[O-])nc1.Cc1ccc(N2CCN(C3COC3)C[C@@H]2C)cn1.[HH]. The molecular weight excluding hydrogens is 486 g/mol. The van der Waals surface area contributed by atoms with Gasteiger partial charge in [0.2, 0.25) is 0 Å². The van der Waals surface area contributed by atoms with Crippen LogP contribution >= 0.6 is 0 Å². The highest BCUT2D eigenvalue weighted by Gasteiger charge is 2.33. The highest BCUT2D eigenvalue weighted by molar-refractivity contribution is 5.48. The number of rotatable bonds is 5. The molecular formula is C27H41N7O4. The number of ether oxygens (including phenoxy) is 2. The fraction of sp³-hybridized carbons (Fsp3) is 0.630. The Hall–Kier alpha value is -2.86. The van der Waals surface area contributed by atoms with E-state index < -0.39 is 4.92 Å². The van der Waals surface area contributed by atoms with Gasteiger partial charge in [0, 0.05) is 64.5 Å². The lowest BCUT2D eigenvalue weighted by atomic mass is 10.1. The van der Waals surface area contributed by atoms with Crippen molar-refractivity contribution >= 4 is 17.2 Å². The van der Waals surface area contributed by atoms with Gasteiger partial charge in [0.1, 0.15) is 0 Å². The van der Waals surface area contributed by atoms with Crippen LogP contribution in [0.1, 0.15) is 21.0 Å². The van der Waals surface area contributed by atoms with Gasteiger partial charge in [-0.15, -0.1) is 0 Å². The Bertz CT molecular complexity index is 1070. The first kappa shape index (κ1) is 26.7. The molecule has 0 spiro atoms. The molecule has 0 bridgehead atoms. The predicted octanol–water partition coefficient (Wildman–Crippen LogP) is 2.44. The third kappa shape index (κ3) is 6.06. The van der Waals surface area contributed by atoms with Gasteiger partial charge >= 0.3 is 5.82 Å². The monoisotopic (exact) mass is 527 g/mol. The van der Waals surface area contributed by atoms with E-state index in [1.165, 1.54) is 11.8 Å². The summed E-state index contributed by atoms with van der Waals surface area (Å²) < 4.78 is 10.5. The molecule has 0 amide bonds. The van der Waals surface area contributed by atoms with Gasteiger partial charge in [-0.25, -0.2) is 0 Å². The third-order valence-electron chi connectivity index (χ3n) is 8.07. The molecule has 0 saturated carbocycles. The Labute approximate surface area is 226 Å². The Morgan fingerprint density at radius 2 is 1.32 bits per heavy atom. The number of aromatic nitrogens is 2. The van der Waals surface area contributed by atoms with E-state index in [1.54, 1.807) is 12.3 Å². The quantitative estimate of drug-likeness (QED) is 0.426. The fourth-order valence-electron chi connectivity index (χ4n) is 5.56. The zero-order chi connectivity index (χ0) is 26.6. The summed E-state index contributed by atoms with van der Waals surface area (Å²) in [7, 11) is 0. The van der Waals surface area contributed by atoms with E-state index >= 15 is 0 Å². The van der Waals surface area contributed by atoms with Gasteiger partial charge in [-0.1, -0.05) is 0 Å². The van der Waals surface area contributed by atoms with E-state index in [1.807, 2.05) is 13.1 Å². The summed E-state index contributed by atoms with van der Waals surface area (Å²) in [6.07, 6.45) is 3.59. The lowest BCUT2D eigenvalue weighted by molar-refractivity contribution is -0.389. The second kappa shape index (κ2) is 11.9. The van der Waals surface area contributed by atoms with Crippen LogP contribution in [0.5, 0.6) is 0 Å². The highest BCUT2D eigenvalue weighted by atomic mass is 16.6. The van der Waals surface area contributed by atoms with Gasteiger partial charge < -0.3 is 29.4 Å². The molecule has 2 aromatic heterocycles. The number of piperazine rings is 2. The molecule has 11 heteroatoms. The molecule has 4 aliphatic rings. The average Bonchev–Trinajstić information content (AvgIpc) is 2.83. The summed E-state index contributed by atoms with van der Waals surface area (Å²) in [6, 6.07) is 9.66. The minimum atomic E-state index is -0.470. The van der Waals surface area contributed by atoms with Crippen molar-refractivity contribution in [3.8, 4) is 0 Å². The summed E-state index contributed by atoms with van der Waals surface area (Å²) in [6.45, 7) is 16.3. The van der Waals surface area contributed by atoms with Crippen molar-refractivity contribution in [3.63, 3.8) is 0 Å². The second-order valence-corrected chi connectivity index (χ2v) is 10.7. The minimum Gasteiger partial charge on any atom is -0.378 e. The van der Waals surface area contributed by atoms with Crippen LogP contribution in [0, 0.1) is 17.0 Å². The Kier molecular flexibility index (Phi) is 8.37. The van der Waals surface area contributed by atoms with Gasteiger partial charge in [-0.3, -0.25) is 14.8 Å². The van der Waals surface area contributed by atoms with Crippen LogP contribution in [0.25, 0.3) is 0 Å². The molecule has 0 N–H and O–H groups in total. The van der Waals surface area contributed by atoms with E-state index in [9.17, 15) is 10.1 Å². The predicted molar refractivity (Wildman–Crippen MR) is 148 cm³/mol. The van der Waals surface area contributed by atoms with E-state index in [4.69, 9.17) is 9.47 Å². The van der Waals surface area contributed by atoms with Crippen molar-refractivity contribution in [1.82, 2.24) is 19.8 Å². The first-order valence-electron chi connectivity index (χ1n) is 13.6. The van der Waals surface area contributed by atoms with Crippen LogP contribution in [0.15, 0.2) is 36.7 Å². The smallest absolute Gasteiger partial charge is 0.363 e. The molecule has 4 aliphatic heterocycles. The molecule has 6 heterocycles. The topological polar surface area (TPSA) is 100 Å². The molecule has 0 aromatic carbocycles. The molecule has 208 valence electrons. The minimum absolute atomic E-state index is 0. The summed E-state index contributed by atoms with van der Waals surface area (Å²) in [5.41, 5.74) is 3.28. The number of anilines is 2. The van der Waals surface area contributed by atoms with Crippen LogP contribution in [-0.2, 0) is 9.47 Å². The maximum absolute atomic E-state index is 10.6. The second-order valence-electron chi connectivity index (χ2n) is 10.7. The van der Waals surface area contributed by atoms with Crippen molar-refractivity contribution in [2.75, 3.05) is 75.5 Å². The maximum atomic E-state index is 10.6. The van der Waals surface area contributed by atoms with Crippen LogP contribution in [0.2, 0.25) is 0 Å². The van der Waals surface area contributed by atoms with Gasteiger partial charge in [0.25, 0.3) is 0 Å². The van der Waals surface area contributed by atoms with Crippen molar-refractivity contribution in [3.05, 3.63) is 52.5 Å². The Morgan fingerprint density at radius 3 is 1.66 bits per heavy atom. The molecule has 0 radical (unpaired) electrons. The van der Waals surface area contributed by atoms with Gasteiger partial charge in [-0.2, -0.15) is 0 Å². The normalized spacial score (nSPS) is 25.2. The van der Waals surface area contributed by atoms with E-state index in [-0.39, 0.29) is 7.24 Å². The van der Waals surface area contributed by atoms with E-state index in [0.717, 1.165) is 77.1 Å². The lowest BCUT2D eigenvalue weighted by Gasteiger charge is -2.46. The van der Waals surface area contributed by atoms with Gasteiger partial charge in [-0.05, 0) is 48.9 Å². The van der Waals surface area contributed by atoms with Crippen molar-refractivity contribution < 1.29 is 15.8 Å². The summed E-state index contributed by atoms with van der Waals surface area (Å²) in [4.78, 5) is 28.2. The van der Waals surface area contributed by atoms with Crippen LogP contribution in [-0.4, -0.2) is 115 Å². The summed E-state index contributed by atoms with van der Waals surface area (Å²) in [5, 5.41) is 10.6. The molecule has 2 aromatic rings. The van der Waals surface area contributed by atoms with Crippen molar-refractivity contribution in [2.24, 2.45) is 0 Å². The average molecular weight is 528 g/mol. The molecule has 0 aliphatic carbocycles. The van der Waals surface area contributed by atoms with Gasteiger partial charge in [0.15, 0.2) is 6.20 Å². The molecule has 4 fully saturated rings. The number of nitro groups is 1. The molecule has 6 rings (SSSR count). The number of pyridine rings is 2. The lowest BCUT2D eigenvalue weighted by Crippen LogP contribution is -2.59. The number of hydrogen-bond donors (Lipinski definition) is 0. The molecule has 38 heavy (non-hydrogen) atoms. The standard InChI is InChI=1S/C14H21N3O.C13H18N4O3.H2/c1-11-3-4-13(7-15-11)17-6-5-16(8-12(17)2)14-9-18-10-14;1-10-7-15(12-8-20-9-12)4-5-16(10)11-2-3-13(14-6-11)17(18)19;/h3-4,7,12,14H,5-6,8-10H2,1-2H3;2-3,6,10,12H,4-5,7-9H2,1H3;1H/t12-;10-;/m00./s1. The highest BCUT2D eigenvalue weighted by Crippen LogP contribution is 2.24. The summed E-state index contributed by atoms with van der Waals surface area (Å²) >= 11 is 0. The van der Waals surface area contributed by atoms with Crippen LogP contribution < -0.4 is 9.80 Å². The summed E-state index contributed by atoms with van der Waals surface area (Å²) in [5.74, 6) is -0.105. The first-order valence-corrected chi connectivity index (χ1v) is 13.6. The number of aryl methyl sites for hydroxylation is 1. The molecule has 11 nitrogen and oxygen atoms in total. The number of hydrogen-bond acceptors (Lipinski definition) is 10. The van der Waals surface area contributed by atoms with Crippen molar-refractivity contribution in [1.29, 1.82) is 0 Å². The Morgan fingerprint density at radius 1 is 0.816 bits per heavy atom. The first-order chi connectivity index (χ1) is 18.4. The fourth-order valence-corrected chi connectivity index (χ4v) is 5.56. The van der Waals surface area contributed by atoms with E-state index in [0.29, 0.717) is 24.2 Å². The Balaban J connectivity index is 0.000000177. The largest absolute Gasteiger partial charge is 0.378 e.